The smallest absolute Gasteiger partial charge is 0.414 e. The number of anilines is 1. The Balaban J connectivity index is 1.62. The van der Waals surface area contributed by atoms with Gasteiger partial charge in [0, 0.05) is 5.69 Å². The highest BCUT2D eigenvalue weighted by atomic mass is 35.5. The Hall–Kier alpha value is -2.60. The summed E-state index contributed by atoms with van der Waals surface area (Å²) < 4.78 is 18.9. The molecule has 1 atom stereocenters. The van der Waals surface area contributed by atoms with E-state index >= 15 is 0 Å². The van der Waals surface area contributed by atoms with Crippen molar-refractivity contribution in [3.8, 4) is 0 Å². The minimum Gasteiger partial charge on any atom is -0.442 e. The topological polar surface area (TPSA) is 58.6 Å². The van der Waals surface area contributed by atoms with Crippen molar-refractivity contribution in [1.29, 1.82) is 0 Å². The zero-order valence-corrected chi connectivity index (χ0v) is 13.3. The van der Waals surface area contributed by atoms with Crippen molar-refractivity contribution in [2.24, 2.45) is 0 Å². The van der Waals surface area contributed by atoms with Gasteiger partial charge in [0.15, 0.2) is 0 Å². The van der Waals surface area contributed by atoms with Crippen molar-refractivity contribution in [2.75, 3.05) is 18.0 Å². The molecule has 124 valence electrons. The number of cyclic esters (lactones) is 1. The minimum atomic E-state index is -0.700. The van der Waals surface area contributed by atoms with E-state index in [0.717, 1.165) is 6.07 Å². The van der Waals surface area contributed by atoms with Gasteiger partial charge in [-0.3, -0.25) is 9.69 Å². The highest BCUT2D eigenvalue weighted by Crippen LogP contribution is 2.21. The van der Waals surface area contributed by atoms with Crippen LogP contribution in [0.15, 0.2) is 48.5 Å². The average molecular weight is 349 g/mol. The first kappa shape index (κ1) is 16.3. The number of para-hydroxylation sites is 1. The van der Waals surface area contributed by atoms with E-state index in [9.17, 15) is 14.0 Å². The fourth-order valence-corrected chi connectivity index (χ4v) is 2.71. The van der Waals surface area contributed by atoms with Gasteiger partial charge in [-0.05, 0) is 24.3 Å². The quantitative estimate of drug-likeness (QED) is 0.922. The molecule has 2 aromatic carbocycles. The second-order valence-corrected chi connectivity index (χ2v) is 5.67. The van der Waals surface area contributed by atoms with Gasteiger partial charge in [0.2, 0.25) is 0 Å². The van der Waals surface area contributed by atoms with Gasteiger partial charge in [0.1, 0.15) is 11.9 Å². The minimum absolute atomic E-state index is 0.0295. The molecule has 0 aliphatic carbocycles. The zero-order valence-electron chi connectivity index (χ0n) is 12.5. The van der Waals surface area contributed by atoms with E-state index in [4.69, 9.17) is 16.3 Å². The molecule has 0 bridgehead atoms. The molecule has 0 radical (unpaired) electrons. The molecule has 1 fully saturated rings. The molecule has 1 aliphatic heterocycles. The molecule has 0 aromatic heterocycles. The van der Waals surface area contributed by atoms with Gasteiger partial charge in [-0.25, -0.2) is 9.18 Å². The molecule has 2 amide bonds. The van der Waals surface area contributed by atoms with Gasteiger partial charge in [0.05, 0.1) is 23.7 Å². The summed E-state index contributed by atoms with van der Waals surface area (Å²) in [7, 11) is 0. The number of ether oxygens (including phenoxy) is 1. The number of nitrogens with zero attached hydrogens (tertiary/aromatic N) is 1. The highest BCUT2D eigenvalue weighted by molar-refractivity contribution is 6.33. The monoisotopic (exact) mass is 348 g/mol. The summed E-state index contributed by atoms with van der Waals surface area (Å²) in [6.45, 7) is 0.368. The van der Waals surface area contributed by atoms with Crippen molar-refractivity contribution >= 4 is 29.3 Å². The molecular formula is C17H14ClFN2O3. The number of hydrogen-bond donors (Lipinski definition) is 1. The molecule has 24 heavy (non-hydrogen) atoms. The van der Waals surface area contributed by atoms with E-state index in [0.29, 0.717) is 12.2 Å². The van der Waals surface area contributed by atoms with Crippen LogP contribution in [0.2, 0.25) is 5.02 Å². The summed E-state index contributed by atoms with van der Waals surface area (Å²) >= 11 is 5.85. The SMILES string of the molecule is O=C(NC[C@H]1CN(c2ccccc2)C(=O)O1)c1c(F)cccc1Cl. The van der Waals surface area contributed by atoms with Gasteiger partial charge < -0.3 is 10.1 Å². The number of nitrogens with one attached hydrogen (secondary N) is 1. The molecule has 0 unspecified atom stereocenters. The van der Waals surface area contributed by atoms with E-state index in [1.807, 2.05) is 18.2 Å². The number of amides is 2. The van der Waals surface area contributed by atoms with Crippen LogP contribution in [-0.4, -0.2) is 31.2 Å². The summed E-state index contributed by atoms with van der Waals surface area (Å²) in [5.41, 5.74) is 0.497. The van der Waals surface area contributed by atoms with Gasteiger partial charge in [-0.2, -0.15) is 0 Å². The Morgan fingerprint density at radius 1 is 1.25 bits per heavy atom. The van der Waals surface area contributed by atoms with Crippen molar-refractivity contribution in [1.82, 2.24) is 5.32 Å². The maximum absolute atomic E-state index is 13.7. The normalized spacial score (nSPS) is 16.8. The predicted molar refractivity (Wildman–Crippen MR) is 87.8 cm³/mol. The Morgan fingerprint density at radius 3 is 2.71 bits per heavy atom. The Morgan fingerprint density at radius 2 is 2.00 bits per heavy atom. The van der Waals surface area contributed by atoms with Crippen LogP contribution in [0.5, 0.6) is 0 Å². The van der Waals surface area contributed by atoms with E-state index < -0.39 is 23.9 Å². The molecule has 3 rings (SSSR count). The first-order valence-corrected chi connectivity index (χ1v) is 7.69. The van der Waals surface area contributed by atoms with Crippen molar-refractivity contribution < 1.29 is 18.7 Å². The third-order valence-electron chi connectivity index (χ3n) is 3.62. The molecule has 0 spiro atoms. The fraction of sp³-hybridized carbons (Fsp3) is 0.176. The first-order chi connectivity index (χ1) is 11.6. The molecule has 0 saturated carbocycles. The standard InChI is InChI=1S/C17H14ClFN2O3/c18-13-7-4-8-14(19)15(13)16(22)20-9-12-10-21(17(23)24-12)11-5-2-1-3-6-11/h1-8,12H,9-10H2,(H,20,22)/t12-/m0/s1. The summed E-state index contributed by atoms with van der Waals surface area (Å²) in [5.74, 6) is -1.35. The number of carbonyl (C=O) groups is 2. The second-order valence-electron chi connectivity index (χ2n) is 5.26. The fourth-order valence-electron chi connectivity index (χ4n) is 2.46. The van der Waals surface area contributed by atoms with Gasteiger partial charge in [-0.15, -0.1) is 0 Å². The van der Waals surface area contributed by atoms with Crippen LogP contribution >= 0.6 is 11.6 Å². The largest absolute Gasteiger partial charge is 0.442 e. The number of benzene rings is 2. The average Bonchev–Trinajstić information content (AvgIpc) is 2.94. The number of halogens is 2. The van der Waals surface area contributed by atoms with Crippen LogP contribution in [0.25, 0.3) is 0 Å². The lowest BCUT2D eigenvalue weighted by molar-refractivity contribution is 0.0912. The lowest BCUT2D eigenvalue weighted by atomic mass is 10.2. The lowest BCUT2D eigenvalue weighted by Crippen LogP contribution is -2.35. The van der Waals surface area contributed by atoms with Crippen molar-refractivity contribution in [3.05, 3.63) is 64.9 Å². The lowest BCUT2D eigenvalue weighted by Gasteiger charge is -2.13. The summed E-state index contributed by atoms with van der Waals surface area (Å²) in [4.78, 5) is 25.5. The van der Waals surface area contributed by atoms with Gasteiger partial charge >= 0.3 is 6.09 Å². The van der Waals surface area contributed by atoms with Crippen LogP contribution in [0.4, 0.5) is 14.9 Å². The van der Waals surface area contributed by atoms with E-state index in [-0.39, 0.29) is 17.1 Å². The van der Waals surface area contributed by atoms with Crippen LogP contribution in [0.3, 0.4) is 0 Å². The molecule has 1 N–H and O–H groups in total. The van der Waals surface area contributed by atoms with Crippen LogP contribution in [0, 0.1) is 5.82 Å². The summed E-state index contributed by atoms with van der Waals surface area (Å²) in [6, 6.07) is 13.1. The number of hydrogen-bond acceptors (Lipinski definition) is 3. The van der Waals surface area contributed by atoms with E-state index in [2.05, 4.69) is 5.32 Å². The third kappa shape index (κ3) is 3.33. The highest BCUT2D eigenvalue weighted by Gasteiger charge is 2.32. The molecule has 7 heteroatoms. The zero-order chi connectivity index (χ0) is 17.1. The van der Waals surface area contributed by atoms with Crippen LogP contribution in [0.1, 0.15) is 10.4 Å². The molecular weight excluding hydrogens is 335 g/mol. The molecule has 1 heterocycles. The second kappa shape index (κ2) is 6.88. The maximum Gasteiger partial charge on any atom is 0.414 e. The molecule has 1 aliphatic rings. The molecule has 1 saturated heterocycles. The predicted octanol–water partition coefficient (Wildman–Crippen LogP) is 3.23. The van der Waals surface area contributed by atoms with Crippen LogP contribution < -0.4 is 10.2 Å². The number of rotatable bonds is 4. The Bertz CT molecular complexity index is 749. The number of carbonyl (C=O) groups excluding carboxylic acids is 2. The van der Waals surface area contributed by atoms with Crippen LogP contribution in [-0.2, 0) is 4.74 Å². The van der Waals surface area contributed by atoms with E-state index in [1.54, 1.807) is 12.1 Å². The van der Waals surface area contributed by atoms with E-state index in [1.165, 1.54) is 17.0 Å². The van der Waals surface area contributed by atoms with Crippen molar-refractivity contribution in [3.63, 3.8) is 0 Å². The summed E-state index contributed by atoms with van der Waals surface area (Å²) in [6.07, 6.45) is -1.00. The third-order valence-corrected chi connectivity index (χ3v) is 3.94. The van der Waals surface area contributed by atoms with Gasteiger partial charge in [-0.1, -0.05) is 35.9 Å². The molecule has 5 nitrogen and oxygen atoms in total. The maximum atomic E-state index is 13.7. The first-order valence-electron chi connectivity index (χ1n) is 7.31. The summed E-state index contributed by atoms with van der Waals surface area (Å²) in [5, 5.41) is 2.58. The Labute approximate surface area is 143 Å². The van der Waals surface area contributed by atoms with Gasteiger partial charge in [0.25, 0.3) is 5.91 Å². The Kier molecular flexibility index (Phi) is 4.66. The molecule has 2 aromatic rings. The van der Waals surface area contributed by atoms with Crippen molar-refractivity contribution in [2.45, 2.75) is 6.10 Å².